The van der Waals surface area contributed by atoms with Crippen molar-refractivity contribution in [3.8, 4) is 0 Å². The molecule has 5 heteroatoms. The first kappa shape index (κ1) is 7.30. The number of H-pyrrole nitrogens is 1. The molecule has 4 nitrogen and oxygen atoms in total. The highest BCUT2D eigenvalue weighted by molar-refractivity contribution is 7.15. The van der Waals surface area contributed by atoms with E-state index >= 15 is 0 Å². The minimum absolute atomic E-state index is 0.303. The summed E-state index contributed by atoms with van der Waals surface area (Å²) in [5, 5.41) is 1.77. The van der Waals surface area contributed by atoms with Gasteiger partial charge in [-0.1, -0.05) is 0 Å². The van der Waals surface area contributed by atoms with Gasteiger partial charge in [-0.2, -0.15) is 0 Å². The maximum Gasteiger partial charge on any atom is 0.333 e. The number of nitrogens with zero attached hydrogens (tertiary/aromatic N) is 1. The smallest absolute Gasteiger partial charge is 0.273 e. The maximum absolute atomic E-state index is 11.1. The predicted octanol–water partition coefficient (Wildman–Crippen LogP) is 0.358. The van der Waals surface area contributed by atoms with Gasteiger partial charge in [0, 0.05) is 17.1 Å². The average molecular weight is 182 g/mol. The van der Waals surface area contributed by atoms with Crippen molar-refractivity contribution >= 4 is 16.2 Å². The van der Waals surface area contributed by atoms with Crippen molar-refractivity contribution in [1.82, 2.24) is 9.38 Å². The second-order valence-corrected chi connectivity index (χ2v) is 3.36. The molecule has 0 amide bonds. The molecule has 2 heterocycles. The monoisotopic (exact) mass is 182 g/mol. The lowest BCUT2D eigenvalue weighted by Gasteiger charge is -1.93. The molecule has 62 valence electrons. The van der Waals surface area contributed by atoms with Gasteiger partial charge in [-0.25, -0.2) is 4.79 Å². The summed E-state index contributed by atoms with van der Waals surface area (Å²) in [5.41, 5.74) is -0.0890. The van der Waals surface area contributed by atoms with E-state index in [-0.39, 0.29) is 11.2 Å². The number of fused-ring (bicyclic) bond motifs is 1. The van der Waals surface area contributed by atoms with E-state index in [1.165, 1.54) is 15.7 Å². The fourth-order valence-electron chi connectivity index (χ4n) is 1.06. The molecule has 0 spiro atoms. The molecule has 2 rings (SSSR count). The minimum atomic E-state index is -0.373. The fourth-order valence-corrected chi connectivity index (χ4v) is 1.90. The van der Waals surface area contributed by atoms with Gasteiger partial charge in [0.2, 0.25) is 0 Å². The second kappa shape index (κ2) is 2.31. The third-order valence-corrected chi connectivity index (χ3v) is 2.69. The van der Waals surface area contributed by atoms with Gasteiger partial charge in [0.25, 0.3) is 5.56 Å². The predicted molar refractivity (Wildman–Crippen MR) is 46.9 cm³/mol. The lowest BCUT2D eigenvalue weighted by molar-refractivity contribution is 0.969. The first-order chi connectivity index (χ1) is 5.70. The molecule has 0 aromatic carbocycles. The maximum atomic E-state index is 11.1. The van der Waals surface area contributed by atoms with Crippen LogP contribution >= 0.6 is 11.3 Å². The van der Waals surface area contributed by atoms with E-state index in [0.717, 1.165) is 0 Å². The Morgan fingerprint density at radius 1 is 1.50 bits per heavy atom. The van der Waals surface area contributed by atoms with Crippen molar-refractivity contribution in [3.05, 3.63) is 38.0 Å². The summed E-state index contributed by atoms with van der Waals surface area (Å²) in [5.74, 6) is 0. The van der Waals surface area contributed by atoms with Crippen LogP contribution in [0.25, 0.3) is 4.83 Å². The fraction of sp³-hybridized carbons (Fsp3) is 0.143. The van der Waals surface area contributed by atoms with Crippen molar-refractivity contribution in [2.24, 2.45) is 0 Å². The molecule has 0 unspecified atom stereocenters. The minimum Gasteiger partial charge on any atom is -0.273 e. The molecule has 0 saturated carbocycles. The molecule has 0 aliphatic heterocycles. The number of rotatable bonds is 0. The lowest BCUT2D eigenvalue weighted by atomic mass is 10.4. The Bertz CT molecular complexity index is 534. The summed E-state index contributed by atoms with van der Waals surface area (Å²) < 4.78 is 1.43. The quantitative estimate of drug-likeness (QED) is 0.639. The first-order valence-electron chi connectivity index (χ1n) is 3.39. The Balaban J connectivity index is 3.18. The van der Waals surface area contributed by atoms with Crippen LogP contribution in [0.4, 0.5) is 0 Å². The molecule has 0 aliphatic rings. The lowest BCUT2D eigenvalue weighted by Crippen LogP contribution is -2.26. The normalized spacial score (nSPS) is 10.8. The van der Waals surface area contributed by atoms with Crippen molar-refractivity contribution in [2.75, 3.05) is 0 Å². The van der Waals surface area contributed by atoms with Crippen molar-refractivity contribution in [1.29, 1.82) is 0 Å². The number of aryl methyl sites for hydroxylation is 1. The SMILES string of the molecule is Cc1c(=O)[nH]c(=O)n2ccsc12. The Hall–Kier alpha value is -1.36. The molecular formula is C7H6N2O2S. The summed E-state index contributed by atoms with van der Waals surface area (Å²) in [7, 11) is 0. The van der Waals surface area contributed by atoms with Gasteiger partial charge in [0.15, 0.2) is 0 Å². The number of hydrogen-bond acceptors (Lipinski definition) is 3. The summed E-state index contributed by atoms with van der Waals surface area (Å²) in [6.45, 7) is 1.70. The third kappa shape index (κ3) is 0.831. The highest BCUT2D eigenvalue weighted by Gasteiger charge is 2.03. The van der Waals surface area contributed by atoms with Gasteiger partial charge in [-0.15, -0.1) is 11.3 Å². The molecule has 2 aromatic rings. The molecule has 1 N–H and O–H groups in total. The van der Waals surface area contributed by atoms with Crippen molar-refractivity contribution in [3.63, 3.8) is 0 Å². The third-order valence-electron chi connectivity index (χ3n) is 1.71. The van der Waals surface area contributed by atoms with Gasteiger partial charge in [0.1, 0.15) is 4.83 Å². The van der Waals surface area contributed by atoms with Gasteiger partial charge in [-0.05, 0) is 6.92 Å². The van der Waals surface area contributed by atoms with Crippen LogP contribution in [-0.4, -0.2) is 9.38 Å². The van der Waals surface area contributed by atoms with E-state index in [4.69, 9.17) is 0 Å². The van der Waals surface area contributed by atoms with Crippen molar-refractivity contribution < 1.29 is 0 Å². The zero-order valence-electron chi connectivity index (χ0n) is 6.33. The molecule has 0 radical (unpaired) electrons. The van der Waals surface area contributed by atoms with Gasteiger partial charge in [0.05, 0.1) is 0 Å². The molecule has 0 atom stereocenters. The number of aromatic amines is 1. The second-order valence-electron chi connectivity index (χ2n) is 2.46. The van der Waals surface area contributed by atoms with Gasteiger partial charge < -0.3 is 0 Å². The highest BCUT2D eigenvalue weighted by atomic mass is 32.1. The van der Waals surface area contributed by atoms with Crippen molar-refractivity contribution in [2.45, 2.75) is 6.92 Å². The zero-order chi connectivity index (χ0) is 8.72. The van der Waals surface area contributed by atoms with E-state index in [1.807, 2.05) is 0 Å². The standard InChI is InChI=1S/C7H6N2O2S/c1-4-5(10)8-7(11)9-2-3-12-6(4)9/h2-3H,1H3,(H,8,10,11). The van der Waals surface area contributed by atoms with Crippen LogP contribution in [0.2, 0.25) is 0 Å². The number of hydrogen-bond donors (Lipinski definition) is 1. The Labute approximate surface area is 71.1 Å². The molecule has 2 aromatic heterocycles. The molecule has 0 aliphatic carbocycles. The first-order valence-corrected chi connectivity index (χ1v) is 4.27. The Morgan fingerprint density at radius 2 is 2.25 bits per heavy atom. The summed E-state index contributed by atoms with van der Waals surface area (Å²) in [6, 6.07) is 0. The van der Waals surface area contributed by atoms with Crippen LogP contribution < -0.4 is 11.2 Å². The highest BCUT2D eigenvalue weighted by Crippen LogP contribution is 2.09. The van der Waals surface area contributed by atoms with E-state index in [9.17, 15) is 9.59 Å². The van der Waals surface area contributed by atoms with Crippen LogP contribution in [0.1, 0.15) is 5.56 Å². The summed E-state index contributed by atoms with van der Waals surface area (Å²) >= 11 is 1.39. The summed E-state index contributed by atoms with van der Waals surface area (Å²) in [6.07, 6.45) is 1.64. The molecule has 0 saturated heterocycles. The van der Waals surface area contributed by atoms with Crippen LogP contribution in [0, 0.1) is 6.92 Å². The topological polar surface area (TPSA) is 54.3 Å². The summed E-state index contributed by atoms with van der Waals surface area (Å²) in [4.78, 5) is 25.2. The average Bonchev–Trinajstić information content (AvgIpc) is 2.48. The van der Waals surface area contributed by atoms with Crippen LogP contribution in [0.3, 0.4) is 0 Å². The van der Waals surface area contributed by atoms with Crippen LogP contribution in [0.15, 0.2) is 21.2 Å². The Morgan fingerprint density at radius 3 is 3.00 bits per heavy atom. The number of thiazole rings is 1. The van der Waals surface area contributed by atoms with Gasteiger partial charge >= 0.3 is 5.69 Å². The van der Waals surface area contributed by atoms with Crippen LogP contribution in [0.5, 0.6) is 0 Å². The zero-order valence-corrected chi connectivity index (χ0v) is 7.14. The van der Waals surface area contributed by atoms with Gasteiger partial charge in [-0.3, -0.25) is 14.2 Å². The molecular weight excluding hydrogens is 176 g/mol. The van der Waals surface area contributed by atoms with E-state index < -0.39 is 0 Å². The van der Waals surface area contributed by atoms with E-state index in [0.29, 0.717) is 10.4 Å². The molecule has 0 fully saturated rings. The molecule has 12 heavy (non-hydrogen) atoms. The van der Waals surface area contributed by atoms with E-state index in [1.54, 1.807) is 18.5 Å². The Kier molecular flexibility index (Phi) is 1.41. The van der Waals surface area contributed by atoms with E-state index in [2.05, 4.69) is 4.98 Å². The van der Waals surface area contributed by atoms with Crippen LogP contribution in [-0.2, 0) is 0 Å². The number of nitrogens with one attached hydrogen (secondary N) is 1. The largest absolute Gasteiger partial charge is 0.333 e. The molecule has 0 bridgehead atoms. The number of aromatic nitrogens is 2.